The summed E-state index contributed by atoms with van der Waals surface area (Å²) in [5, 5.41) is 8.73. The van der Waals surface area contributed by atoms with Crippen LogP contribution in [0.3, 0.4) is 0 Å². The van der Waals surface area contributed by atoms with Gasteiger partial charge < -0.3 is 5.11 Å². The van der Waals surface area contributed by atoms with Crippen LogP contribution < -0.4 is 0 Å². The predicted octanol–water partition coefficient (Wildman–Crippen LogP) is 1.96. The Morgan fingerprint density at radius 3 is 2.92 bits per heavy atom. The Bertz CT molecular complexity index is 276. The number of allylic oxidation sites excluding steroid dienone is 3. The fraction of sp³-hybridized carbons (Fsp3) is 0.333. The van der Waals surface area contributed by atoms with E-state index < -0.39 is 5.97 Å². The molecule has 0 aromatic carbocycles. The monoisotopic (exact) mass is 182 g/mol. The summed E-state index contributed by atoms with van der Waals surface area (Å²) in [6.07, 6.45) is 6.11. The van der Waals surface area contributed by atoms with Gasteiger partial charge in [0.25, 0.3) is 0 Å². The van der Waals surface area contributed by atoms with E-state index in [1.165, 1.54) is 0 Å². The molecular formula is C9H10O2S. The Morgan fingerprint density at radius 2 is 2.42 bits per heavy atom. The number of aliphatic carboxylic acids is 1. The lowest BCUT2D eigenvalue weighted by Gasteiger charge is -2.15. The third-order valence-corrected chi connectivity index (χ3v) is 2.40. The van der Waals surface area contributed by atoms with Crippen molar-refractivity contribution in [3.05, 3.63) is 23.8 Å². The minimum absolute atomic E-state index is 0.121. The number of rotatable bonds is 2. The lowest BCUT2D eigenvalue weighted by Crippen LogP contribution is -2.19. The van der Waals surface area contributed by atoms with Gasteiger partial charge in [-0.3, -0.25) is 0 Å². The van der Waals surface area contributed by atoms with Crippen LogP contribution in [-0.4, -0.2) is 15.9 Å². The fourth-order valence-corrected chi connectivity index (χ4v) is 1.55. The van der Waals surface area contributed by atoms with Gasteiger partial charge in [0, 0.05) is 10.8 Å². The highest BCUT2D eigenvalue weighted by Crippen LogP contribution is 2.19. The van der Waals surface area contributed by atoms with Gasteiger partial charge in [0.05, 0.1) is 5.57 Å². The number of hydrogen-bond acceptors (Lipinski definition) is 2. The Balaban J connectivity index is 2.91. The first-order valence-electron chi connectivity index (χ1n) is 3.82. The standard InChI is InChI=1S/C9H10O2S/c1-2-6-4-3-5-7(8(6)12)9(10)11/h3-6H,2H2,1H3,(H,10,11). The van der Waals surface area contributed by atoms with E-state index in [2.05, 4.69) is 0 Å². The van der Waals surface area contributed by atoms with Crippen molar-refractivity contribution < 1.29 is 9.90 Å². The van der Waals surface area contributed by atoms with Crippen LogP contribution >= 0.6 is 12.2 Å². The third-order valence-electron chi connectivity index (χ3n) is 1.88. The molecule has 0 aromatic heterocycles. The molecule has 1 unspecified atom stereocenters. The summed E-state index contributed by atoms with van der Waals surface area (Å²) in [7, 11) is 0. The van der Waals surface area contributed by atoms with Gasteiger partial charge in [0.1, 0.15) is 0 Å². The number of carbonyl (C=O) groups is 1. The van der Waals surface area contributed by atoms with E-state index in [1.807, 2.05) is 13.0 Å². The van der Waals surface area contributed by atoms with Crippen molar-refractivity contribution in [1.82, 2.24) is 0 Å². The number of carboxylic acid groups (broad SMARTS) is 1. The quantitative estimate of drug-likeness (QED) is 0.663. The molecule has 0 aliphatic heterocycles. The molecule has 1 aliphatic carbocycles. The number of thiocarbonyl (C=S) groups is 1. The van der Waals surface area contributed by atoms with Crippen molar-refractivity contribution in [3.8, 4) is 0 Å². The molecule has 64 valence electrons. The van der Waals surface area contributed by atoms with Crippen LogP contribution in [-0.2, 0) is 4.79 Å². The van der Waals surface area contributed by atoms with E-state index in [4.69, 9.17) is 17.3 Å². The zero-order chi connectivity index (χ0) is 9.14. The second kappa shape index (κ2) is 3.63. The summed E-state index contributed by atoms with van der Waals surface area (Å²) in [6, 6.07) is 0. The molecule has 1 atom stereocenters. The summed E-state index contributed by atoms with van der Waals surface area (Å²) < 4.78 is 0. The molecule has 0 aromatic rings. The van der Waals surface area contributed by atoms with Crippen LogP contribution in [0.1, 0.15) is 13.3 Å². The van der Waals surface area contributed by atoms with Crippen molar-refractivity contribution in [3.63, 3.8) is 0 Å². The maximum absolute atomic E-state index is 10.6. The first kappa shape index (κ1) is 9.13. The van der Waals surface area contributed by atoms with Crippen LogP contribution in [0.25, 0.3) is 0 Å². The van der Waals surface area contributed by atoms with Crippen LogP contribution in [0.5, 0.6) is 0 Å². The van der Waals surface area contributed by atoms with Gasteiger partial charge in [-0.15, -0.1) is 0 Å². The largest absolute Gasteiger partial charge is 0.478 e. The van der Waals surface area contributed by atoms with Crippen molar-refractivity contribution in [1.29, 1.82) is 0 Å². The lowest BCUT2D eigenvalue weighted by molar-refractivity contribution is -0.132. The smallest absolute Gasteiger partial charge is 0.336 e. The molecule has 1 N–H and O–H groups in total. The predicted molar refractivity (Wildman–Crippen MR) is 51.2 cm³/mol. The van der Waals surface area contributed by atoms with Crippen LogP contribution in [0.2, 0.25) is 0 Å². The van der Waals surface area contributed by atoms with Gasteiger partial charge in [-0.25, -0.2) is 4.79 Å². The first-order valence-corrected chi connectivity index (χ1v) is 4.23. The van der Waals surface area contributed by atoms with Gasteiger partial charge in [0.15, 0.2) is 0 Å². The van der Waals surface area contributed by atoms with E-state index in [0.717, 1.165) is 6.42 Å². The molecule has 1 rings (SSSR count). The Hall–Kier alpha value is -0.960. The first-order chi connectivity index (χ1) is 5.66. The molecule has 3 heteroatoms. The molecule has 0 radical (unpaired) electrons. The summed E-state index contributed by atoms with van der Waals surface area (Å²) in [4.78, 5) is 11.2. The van der Waals surface area contributed by atoms with Gasteiger partial charge in [0.2, 0.25) is 0 Å². The maximum Gasteiger partial charge on any atom is 0.336 e. The molecular weight excluding hydrogens is 172 g/mol. The summed E-state index contributed by atoms with van der Waals surface area (Å²) in [6.45, 7) is 1.99. The SMILES string of the molecule is CCC1C=CC=C(C(=O)O)C1=S. The Labute approximate surface area is 76.6 Å². The average molecular weight is 182 g/mol. The minimum Gasteiger partial charge on any atom is -0.478 e. The molecule has 0 saturated carbocycles. The number of hydrogen-bond donors (Lipinski definition) is 1. The molecule has 0 bridgehead atoms. The van der Waals surface area contributed by atoms with Crippen LogP contribution in [0.4, 0.5) is 0 Å². The second-order valence-electron chi connectivity index (χ2n) is 2.65. The zero-order valence-corrected chi connectivity index (χ0v) is 7.60. The van der Waals surface area contributed by atoms with Gasteiger partial charge in [-0.2, -0.15) is 0 Å². The van der Waals surface area contributed by atoms with E-state index in [1.54, 1.807) is 12.2 Å². The average Bonchev–Trinajstić information content (AvgIpc) is 2.04. The summed E-state index contributed by atoms with van der Waals surface area (Å²) in [5.74, 6) is -0.807. The van der Waals surface area contributed by atoms with Crippen LogP contribution in [0, 0.1) is 5.92 Å². The fourth-order valence-electron chi connectivity index (χ4n) is 1.15. The molecule has 0 amide bonds. The molecule has 0 saturated heterocycles. The number of carboxylic acids is 1. The molecule has 0 heterocycles. The topological polar surface area (TPSA) is 37.3 Å². The van der Waals surface area contributed by atoms with E-state index in [0.29, 0.717) is 4.86 Å². The van der Waals surface area contributed by atoms with Gasteiger partial charge >= 0.3 is 5.97 Å². The molecule has 0 fully saturated rings. The van der Waals surface area contributed by atoms with Gasteiger partial charge in [-0.1, -0.05) is 31.3 Å². The van der Waals surface area contributed by atoms with E-state index in [-0.39, 0.29) is 11.5 Å². The van der Waals surface area contributed by atoms with Crippen molar-refractivity contribution in [2.75, 3.05) is 0 Å². The molecule has 12 heavy (non-hydrogen) atoms. The maximum atomic E-state index is 10.6. The van der Waals surface area contributed by atoms with Crippen molar-refractivity contribution in [2.45, 2.75) is 13.3 Å². The normalized spacial score (nSPS) is 22.2. The highest BCUT2D eigenvalue weighted by atomic mass is 32.1. The van der Waals surface area contributed by atoms with E-state index >= 15 is 0 Å². The highest BCUT2D eigenvalue weighted by molar-refractivity contribution is 7.81. The highest BCUT2D eigenvalue weighted by Gasteiger charge is 2.20. The zero-order valence-electron chi connectivity index (χ0n) is 6.78. The summed E-state index contributed by atoms with van der Waals surface area (Å²) >= 11 is 5.02. The van der Waals surface area contributed by atoms with Crippen LogP contribution in [0.15, 0.2) is 23.8 Å². The van der Waals surface area contributed by atoms with Gasteiger partial charge in [-0.05, 0) is 12.5 Å². The molecule has 0 spiro atoms. The van der Waals surface area contributed by atoms with Crippen molar-refractivity contribution >= 4 is 23.1 Å². The van der Waals surface area contributed by atoms with E-state index in [9.17, 15) is 4.79 Å². The molecule has 1 aliphatic rings. The Kier molecular flexibility index (Phi) is 2.76. The van der Waals surface area contributed by atoms with Crippen molar-refractivity contribution in [2.24, 2.45) is 5.92 Å². The molecule has 2 nitrogen and oxygen atoms in total. The summed E-state index contributed by atoms with van der Waals surface area (Å²) in [5.41, 5.74) is 0.263. The lowest BCUT2D eigenvalue weighted by atomic mass is 9.92. The second-order valence-corrected chi connectivity index (χ2v) is 3.09. The minimum atomic E-state index is -0.928. The third kappa shape index (κ3) is 1.61. The Morgan fingerprint density at radius 1 is 1.75 bits per heavy atom.